The average Bonchev–Trinajstić information content (AvgIpc) is 2.41. The summed E-state index contributed by atoms with van der Waals surface area (Å²) in [4.78, 5) is 0. The van der Waals surface area contributed by atoms with Gasteiger partial charge in [0, 0.05) is 12.1 Å². The first-order valence-corrected chi connectivity index (χ1v) is 6.74. The molecule has 0 spiro atoms. The number of halogens is 2. The number of hydrogen-bond acceptors (Lipinski definition) is 2. The Morgan fingerprint density at radius 3 is 2.19 bits per heavy atom. The molecule has 2 aromatic rings. The number of nitrogen functional groups attached to an aromatic ring is 1. The molecule has 0 aliphatic rings. The van der Waals surface area contributed by atoms with E-state index in [2.05, 4.69) is 20.8 Å². The van der Waals surface area contributed by atoms with E-state index in [1.54, 1.807) is 0 Å². The summed E-state index contributed by atoms with van der Waals surface area (Å²) in [5, 5.41) is 0. The zero-order valence-electron chi connectivity index (χ0n) is 12.4. The first-order valence-electron chi connectivity index (χ1n) is 6.74. The van der Waals surface area contributed by atoms with Gasteiger partial charge in [-0.3, -0.25) is 0 Å². The second kappa shape index (κ2) is 5.72. The van der Waals surface area contributed by atoms with Crippen molar-refractivity contribution in [3.8, 4) is 5.75 Å². The summed E-state index contributed by atoms with van der Waals surface area (Å²) < 4.78 is 32.2. The van der Waals surface area contributed by atoms with Crippen molar-refractivity contribution in [2.45, 2.75) is 32.8 Å². The minimum atomic E-state index is -0.686. The van der Waals surface area contributed by atoms with Crippen LogP contribution >= 0.6 is 0 Å². The molecule has 0 heterocycles. The van der Waals surface area contributed by atoms with Gasteiger partial charge in [-0.15, -0.1) is 0 Å². The quantitative estimate of drug-likeness (QED) is 0.849. The van der Waals surface area contributed by atoms with E-state index in [-0.39, 0.29) is 23.5 Å². The largest absolute Gasteiger partial charge is 0.486 e. The molecule has 0 saturated heterocycles. The van der Waals surface area contributed by atoms with E-state index >= 15 is 0 Å². The van der Waals surface area contributed by atoms with Crippen molar-refractivity contribution in [2.24, 2.45) is 0 Å². The number of hydrogen-bond donors (Lipinski definition) is 1. The van der Waals surface area contributed by atoms with Crippen LogP contribution in [-0.2, 0) is 12.0 Å². The number of anilines is 1. The highest BCUT2D eigenvalue weighted by Crippen LogP contribution is 2.25. The van der Waals surface area contributed by atoms with E-state index in [0.717, 1.165) is 17.7 Å². The number of ether oxygens (including phenoxy) is 1. The maximum atomic E-state index is 13.6. The zero-order valence-corrected chi connectivity index (χ0v) is 12.4. The minimum Gasteiger partial charge on any atom is -0.486 e. The van der Waals surface area contributed by atoms with Crippen molar-refractivity contribution >= 4 is 5.69 Å². The van der Waals surface area contributed by atoms with Gasteiger partial charge in [0.15, 0.2) is 11.6 Å². The van der Waals surface area contributed by atoms with E-state index in [0.29, 0.717) is 0 Å². The van der Waals surface area contributed by atoms with Gasteiger partial charge in [-0.2, -0.15) is 0 Å². The van der Waals surface area contributed by atoms with Crippen LogP contribution in [0.15, 0.2) is 36.4 Å². The molecule has 0 aliphatic heterocycles. The molecule has 0 unspecified atom stereocenters. The van der Waals surface area contributed by atoms with Crippen LogP contribution in [0.1, 0.15) is 31.9 Å². The normalized spacial score (nSPS) is 11.5. The lowest BCUT2D eigenvalue weighted by atomic mass is 9.87. The molecule has 2 N–H and O–H groups in total. The summed E-state index contributed by atoms with van der Waals surface area (Å²) in [5.41, 5.74) is 7.22. The van der Waals surface area contributed by atoms with Crippen LogP contribution in [0.5, 0.6) is 5.75 Å². The fraction of sp³-hybridized carbons (Fsp3) is 0.294. The van der Waals surface area contributed by atoms with Gasteiger partial charge in [0.25, 0.3) is 0 Å². The third-order valence-electron chi connectivity index (χ3n) is 3.27. The third-order valence-corrected chi connectivity index (χ3v) is 3.27. The molecule has 0 fully saturated rings. The standard InChI is InChI=1S/C17H19F2NO/c1-17(2,3)12-6-4-11(5-7-12)10-21-16-9-13(18)15(20)8-14(16)19/h4-9H,10,20H2,1-3H3. The Kier molecular flexibility index (Phi) is 4.16. The van der Waals surface area contributed by atoms with Crippen molar-refractivity contribution in [2.75, 3.05) is 5.73 Å². The minimum absolute atomic E-state index is 0.0750. The Balaban J connectivity index is 2.08. The summed E-state index contributed by atoms with van der Waals surface area (Å²) in [6.07, 6.45) is 0. The molecule has 2 aromatic carbocycles. The Bertz CT molecular complexity index is 630. The third kappa shape index (κ3) is 3.72. The molecule has 4 heteroatoms. The highest BCUT2D eigenvalue weighted by Gasteiger charge is 2.13. The molecule has 0 aromatic heterocycles. The van der Waals surface area contributed by atoms with Gasteiger partial charge in [0.05, 0.1) is 5.69 Å². The van der Waals surface area contributed by atoms with Crippen molar-refractivity contribution in [1.29, 1.82) is 0 Å². The topological polar surface area (TPSA) is 35.2 Å². The highest BCUT2D eigenvalue weighted by atomic mass is 19.1. The summed E-state index contributed by atoms with van der Waals surface area (Å²) >= 11 is 0. The Morgan fingerprint density at radius 1 is 1.00 bits per heavy atom. The maximum absolute atomic E-state index is 13.6. The van der Waals surface area contributed by atoms with Crippen LogP contribution in [0, 0.1) is 11.6 Å². The van der Waals surface area contributed by atoms with Crippen LogP contribution < -0.4 is 10.5 Å². The predicted octanol–water partition coefficient (Wildman–Crippen LogP) is 4.42. The van der Waals surface area contributed by atoms with Gasteiger partial charge >= 0.3 is 0 Å². The monoisotopic (exact) mass is 291 g/mol. The highest BCUT2D eigenvalue weighted by molar-refractivity contribution is 5.44. The van der Waals surface area contributed by atoms with Crippen LogP contribution in [0.3, 0.4) is 0 Å². The van der Waals surface area contributed by atoms with Gasteiger partial charge < -0.3 is 10.5 Å². The molecule has 0 saturated carbocycles. The van der Waals surface area contributed by atoms with E-state index in [1.165, 1.54) is 5.56 Å². The molecule has 2 nitrogen and oxygen atoms in total. The van der Waals surface area contributed by atoms with E-state index in [1.807, 2.05) is 24.3 Å². The molecule has 2 rings (SSSR count). The summed E-state index contributed by atoms with van der Waals surface area (Å²) in [5.74, 6) is -1.49. The molecular formula is C17H19F2NO. The predicted molar refractivity (Wildman–Crippen MR) is 80.2 cm³/mol. The summed E-state index contributed by atoms with van der Waals surface area (Å²) in [7, 11) is 0. The van der Waals surface area contributed by atoms with Crippen molar-refractivity contribution < 1.29 is 13.5 Å². The van der Waals surface area contributed by atoms with E-state index in [4.69, 9.17) is 10.5 Å². The molecule has 112 valence electrons. The Labute approximate surface area is 123 Å². The van der Waals surface area contributed by atoms with Gasteiger partial charge in [0.1, 0.15) is 12.4 Å². The zero-order chi connectivity index (χ0) is 15.6. The Morgan fingerprint density at radius 2 is 1.62 bits per heavy atom. The SMILES string of the molecule is CC(C)(C)c1ccc(COc2cc(F)c(N)cc2F)cc1. The van der Waals surface area contributed by atoms with Crippen LogP contribution in [-0.4, -0.2) is 0 Å². The first kappa shape index (κ1) is 15.3. The van der Waals surface area contributed by atoms with Gasteiger partial charge in [-0.05, 0) is 16.5 Å². The molecular weight excluding hydrogens is 272 g/mol. The van der Waals surface area contributed by atoms with Crippen LogP contribution in [0.4, 0.5) is 14.5 Å². The maximum Gasteiger partial charge on any atom is 0.167 e. The molecule has 0 radical (unpaired) electrons. The molecule has 21 heavy (non-hydrogen) atoms. The van der Waals surface area contributed by atoms with Crippen molar-refractivity contribution in [1.82, 2.24) is 0 Å². The molecule has 0 atom stereocenters. The molecule has 0 aliphatic carbocycles. The number of rotatable bonds is 3. The van der Waals surface area contributed by atoms with Gasteiger partial charge in [0.2, 0.25) is 0 Å². The summed E-state index contributed by atoms with van der Waals surface area (Å²) in [6.45, 7) is 6.56. The Hall–Kier alpha value is -2.10. The lowest BCUT2D eigenvalue weighted by Gasteiger charge is -2.19. The lowest BCUT2D eigenvalue weighted by Crippen LogP contribution is -2.10. The smallest absolute Gasteiger partial charge is 0.167 e. The fourth-order valence-electron chi connectivity index (χ4n) is 1.92. The summed E-state index contributed by atoms with van der Waals surface area (Å²) in [6, 6.07) is 9.76. The molecule has 0 bridgehead atoms. The lowest BCUT2D eigenvalue weighted by molar-refractivity contribution is 0.288. The number of benzene rings is 2. The van der Waals surface area contributed by atoms with Crippen molar-refractivity contribution in [3.63, 3.8) is 0 Å². The van der Waals surface area contributed by atoms with Crippen LogP contribution in [0.2, 0.25) is 0 Å². The van der Waals surface area contributed by atoms with Gasteiger partial charge in [-0.25, -0.2) is 8.78 Å². The van der Waals surface area contributed by atoms with Crippen LogP contribution in [0.25, 0.3) is 0 Å². The average molecular weight is 291 g/mol. The molecule has 0 amide bonds. The van der Waals surface area contributed by atoms with Gasteiger partial charge in [-0.1, -0.05) is 45.0 Å². The van der Waals surface area contributed by atoms with Crippen molar-refractivity contribution in [3.05, 3.63) is 59.2 Å². The number of nitrogens with two attached hydrogens (primary N) is 1. The fourth-order valence-corrected chi connectivity index (χ4v) is 1.92. The van der Waals surface area contributed by atoms with E-state index in [9.17, 15) is 8.78 Å². The second-order valence-corrected chi connectivity index (χ2v) is 6.04. The van der Waals surface area contributed by atoms with E-state index < -0.39 is 11.6 Å². The second-order valence-electron chi connectivity index (χ2n) is 6.04. The first-order chi connectivity index (χ1) is 9.77.